The summed E-state index contributed by atoms with van der Waals surface area (Å²) in [6.45, 7) is -0.187. The van der Waals surface area contributed by atoms with E-state index in [1.54, 1.807) is 0 Å². The Morgan fingerprint density at radius 1 is 1.88 bits per heavy atom. The van der Waals surface area contributed by atoms with Crippen molar-refractivity contribution >= 4 is 11.6 Å². The van der Waals surface area contributed by atoms with E-state index in [0.717, 1.165) is 0 Å². The highest BCUT2D eigenvalue weighted by Crippen LogP contribution is 1.91. The molecule has 0 bridgehead atoms. The highest BCUT2D eigenvalue weighted by molar-refractivity contribution is 6.18. The number of alkyl halides is 1. The van der Waals surface area contributed by atoms with Crippen LogP contribution in [0.5, 0.6) is 0 Å². The van der Waals surface area contributed by atoms with E-state index >= 15 is 0 Å². The smallest absolute Gasteiger partial charge is 0.0740 e. The molecule has 0 heterocycles. The summed E-state index contributed by atoms with van der Waals surface area (Å²) < 4.78 is 0. The first-order valence-electron chi connectivity index (χ1n) is 2.06. The molecule has 0 amide bonds. The van der Waals surface area contributed by atoms with E-state index in [4.69, 9.17) is 22.2 Å². The van der Waals surface area contributed by atoms with Gasteiger partial charge in [0, 0.05) is 10.8 Å². The van der Waals surface area contributed by atoms with Crippen LogP contribution in [0.3, 0.4) is 0 Å². The van der Waals surface area contributed by atoms with Gasteiger partial charge in [0.05, 0.1) is 12.6 Å². The highest BCUT2D eigenvalue weighted by Gasteiger charge is 1.98. The molecule has 0 spiro atoms. The lowest BCUT2D eigenvalue weighted by molar-refractivity contribution is 0.275. The summed E-state index contributed by atoms with van der Waals surface area (Å²) in [7, 11) is 0. The third-order valence-electron chi connectivity index (χ3n) is 0.604. The molecule has 46 valence electrons. The predicted octanol–water partition coefficient (Wildman–Crippen LogP) is 0.896. The lowest BCUT2D eigenvalue weighted by Gasteiger charge is -1.97. The summed E-state index contributed by atoms with van der Waals surface area (Å²) in [6.07, 6.45) is 0. The lowest BCUT2D eigenvalue weighted by Crippen LogP contribution is -2.09. The van der Waals surface area contributed by atoms with Crippen LogP contribution in [0.1, 0.15) is 0 Å². The molecule has 0 aromatic rings. The molecular weight excluding hydrogens is 130 g/mol. The second-order valence-corrected chi connectivity index (χ2v) is 1.50. The predicted molar refractivity (Wildman–Crippen MR) is 30.7 cm³/mol. The van der Waals surface area contributed by atoms with Crippen LogP contribution in [-0.4, -0.2) is 23.6 Å². The fourth-order valence-corrected chi connectivity index (χ4v) is 0.349. The van der Waals surface area contributed by atoms with Gasteiger partial charge in [0.1, 0.15) is 0 Å². The molecule has 8 heavy (non-hydrogen) atoms. The molecule has 0 saturated carbocycles. The largest absolute Gasteiger partial charge is 0.396 e. The average molecular weight is 136 g/mol. The van der Waals surface area contributed by atoms with Gasteiger partial charge in [-0.25, -0.2) is 0 Å². The minimum absolute atomic E-state index is 0.167. The Morgan fingerprint density at radius 3 is 2.62 bits per heavy atom. The first-order valence-corrected chi connectivity index (χ1v) is 2.59. The molecule has 0 radical (unpaired) electrons. The maximum atomic E-state index is 8.31. The van der Waals surface area contributed by atoms with Gasteiger partial charge in [-0.1, -0.05) is 5.11 Å². The zero-order chi connectivity index (χ0) is 6.41. The number of azide groups is 1. The fraction of sp³-hybridized carbons (Fsp3) is 1.00. The number of aliphatic hydroxyl groups excluding tert-OH is 1. The van der Waals surface area contributed by atoms with Gasteiger partial charge >= 0.3 is 0 Å². The summed E-state index contributed by atoms with van der Waals surface area (Å²) >= 11 is 5.22. The molecule has 0 aliphatic rings. The number of hydrogen-bond donors (Lipinski definition) is 1. The third-order valence-corrected chi connectivity index (χ3v) is 0.960. The van der Waals surface area contributed by atoms with E-state index < -0.39 is 6.04 Å². The monoisotopic (exact) mass is 135 g/mol. The molecule has 0 aromatic carbocycles. The van der Waals surface area contributed by atoms with E-state index in [9.17, 15) is 0 Å². The van der Waals surface area contributed by atoms with Gasteiger partial charge in [0.25, 0.3) is 0 Å². The Morgan fingerprint density at radius 2 is 2.50 bits per heavy atom. The Kier molecular flexibility index (Phi) is 4.45. The van der Waals surface area contributed by atoms with Crippen molar-refractivity contribution < 1.29 is 5.11 Å². The van der Waals surface area contributed by atoms with Crippen molar-refractivity contribution in [2.75, 3.05) is 12.5 Å². The second-order valence-electron chi connectivity index (χ2n) is 1.20. The quantitative estimate of drug-likeness (QED) is 0.266. The van der Waals surface area contributed by atoms with Crippen LogP contribution >= 0.6 is 11.6 Å². The van der Waals surface area contributed by atoms with E-state index in [2.05, 4.69) is 10.0 Å². The molecule has 0 fully saturated rings. The summed E-state index contributed by atoms with van der Waals surface area (Å²) in [4.78, 5) is 2.46. The SMILES string of the molecule is [N-]=[N+]=NC(CO)CCl. The second kappa shape index (κ2) is 4.71. The Bertz CT molecular complexity index is 96.7. The first-order chi connectivity index (χ1) is 3.85. The first kappa shape index (κ1) is 7.56. The van der Waals surface area contributed by atoms with E-state index in [1.807, 2.05) is 0 Å². The van der Waals surface area contributed by atoms with Crippen LogP contribution in [0.15, 0.2) is 5.11 Å². The topological polar surface area (TPSA) is 69.0 Å². The third kappa shape index (κ3) is 2.69. The standard InChI is InChI=1S/C3H6ClN3O/c4-1-3(2-8)6-7-5/h3,8H,1-2H2. The normalized spacial score (nSPS) is 12.2. The Labute approximate surface area is 51.7 Å². The molecule has 0 saturated heterocycles. The fourth-order valence-electron chi connectivity index (χ4n) is 0.189. The van der Waals surface area contributed by atoms with Crippen molar-refractivity contribution in [3.05, 3.63) is 10.4 Å². The highest BCUT2D eigenvalue weighted by atomic mass is 35.5. The van der Waals surface area contributed by atoms with Gasteiger partial charge in [0.2, 0.25) is 0 Å². The minimum Gasteiger partial charge on any atom is -0.396 e. The van der Waals surface area contributed by atoms with Crippen molar-refractivity contribution in [2.45, 2.75) is 6.04 Å². The van der Waals surface area contributed by atoms with Gasteiger partial charge in [-0.05, 0) is 5.53 Å². The van der Waals surface area contributed by atoms with E-state index in [-0.39, 0.29) is 12.5 Å². The molecule has 5 heteroatoms. The summed E-state index contributed by atoms with van der Waals surface area (Å²) in [5, 5.41) is 11.5. The summed E-state index contributed by atoms with van der Waals surface area (Å²) in [5.74, 6) is 0.167. The number of aliphatic hydroxyl groups is 1. The van der Waals surface area contributed by atoms with Crippen LogP contribution in [0.25, 0.3) is 10.4 Å². The number of nitrogens with zero attached hydrogens (tertiary/aromatic N) is 3. The van der Waals surface area contributed by atoms with E-state index in [0.29, 0.717) is 0 Å². The Hall–Kier alpha value is -0.440. The number of rotatable bonds is 3. The lowest BCUT2D eigenvalue weighted by atomic mass is 10.4. The van der Waals surface area contributed by atoms with Gasteiger partial charge in [-0.2, -0.15) is 0 Å². The zero-order valence-electron chi connectivity index (χ0n) is 4.16. The molecular formula is C3H6ClN3O. The molecule has 0 rings (SSSR count). The molecule has 4 nitrogen and oxygen atoms in total. The van der Waals surface area contributed by atoms with Gasteiger partial charge in [0.15, 0.2) is 0 Å². The van der Waals surface area contributed by atoms with Crippen LogP contribution in [0.4, 0.5) is 0 Å². The molecule has 0 aliphatic carbocycles. The van der Waals surface area contributed by atoms with Crippen LogP contribution < -0.4 is 0 Å². The van der Waals surface area contributed by atoms with Crippen molar-refractivity contribution in [3.63, 3.8) is 0 Å². The van der Waals surface area contributed by atoms with Gasteiger partial charge in [-0.3, -0.25) is 0 Å². The number of halogens is 1. The average Bonchev–Trinajstić information content (AvgIpc) is 1.83. The molecule has 0 aliphatic heterocycles. The van der Waals surface area contributed by atoms with Gasteiger partial charge in [-0.15, -0.1) is 11.6 Å². The zero-order valence-corrected chi connectivity index (χ0v) is 4.91. The van der Waals surface area contributed by atoms with Crippen molar-refractivity contribution in [2.24, 2.45) is 5.11 Å². The molecule has 1 unspecified atom stereocenters. The maximum absolute atomic E-state index is 8.31. The number of hydrogen-bond acceptors (Lipinski definition) is 2. The van der Waals surface area contributed by atoms with Crippen molar-refractivity contribution in [1.82, 2.24) is 0 Å². The van der Waals surface area contributed by atoms with Crippen molar-refractivity contribution in [3.8, 4) is 0 Å². The summed E-state index contributed by atoms with van der Waals surface area (Å²) in [6, 6.07) is -0.471. The van der Waals surface area contributed by atoms with Gasteiger partial charge < -0.3 is 5.11 Å². The minimum atomic E-state index is -0.471. The summed E-state index contributed by atoms with van der Waals surface area (Å²) in [5.41, 5.74) is 7.79. The van der Waals surface area contributed by atoms with Crippen LogP contribution in [-0.2, 0) is 0 Å². The van der Waals surface area contributed by atoms with Crippen molar-refractivity contribution in [1.29, 1.82) is 0 Å². The molecule has 0 aromatic heterocycles. The van der Waals surface area contributed by atoms with Crippen LogP contribution in [0.2, 0.25) is 0 Å². The maximum Gasteiger partial charge on any atom is 0.0740 e. The Balaban J connectivity index is 3.52. The molecule has 1 N–H and O–H groups in total. The molecule has 1 atom stereocenters. The van der Waals surface area contributed by atoms with E-state index in [1.165, 1.54) is 0 Å². The van der Waals surface area contributed by atoms with Crippen LogP contribution in [0, 0.1) is 0 Å².